The molecular formula is C53H94O5. The normalized spacial score (nSPS) is 12.7. The number of unbranched alkanes of at least 4 members (excludes halogenated alkanes) is 24. The number of carbonyl (C=O) groups is 2. The average Bonchev–Trinajstić information content (AvgIpc) is 3.22. The fraction of sp³-hybridized carbons (Fsp3) is 0.774. The molecule has 0 aliphatic carbocycles. The number of carbonyl (C=O) groups excluding carboxylic acids is 2. The number of allylic oxidation sites excluding steroid dienone is 10. The predicted octanol–water partition coefficient (Wildman–Crippen LogP) is 16.6. The minimum absolute atomic E-state index is 0.0762. The lowest BCUT2D eigenvalue weighted by molar-refractivity contribution is -0.163. The molecule has 0 saturated carbocycles. The van der Waals surface area contributed by atoms with Gasteiger partial charge in [0, 0.05) is 19.4 Å². The first kappa shape index (κ1) is 55.6. The van der Waals surface area contributed by atoms with E-state index in [-0.39, 0.29) is 25.2 Å². The molecule has 0 aliphatic rings. The van der Waals surface area contributed by atoms with E-state index < -0.39 is 6.10 Å². The van der Waals surface area contributed by atoms with Crippen molar-refractivity contribution in [1.29, 1.82) is 0 Å². The van der Waals surface area contributed by atoms with E-state index in [1.165, 1.54) is 128 Å². The van der Waals surface area contributed by atoms with Gasteiger partial charge in [0.05, 0.1) is 6.61 Å². The summed E-state index contributed by atoms with van der Waals surface area (Å²) < 4.78 is 17.3. The van der Waals surface area contributed by atoms with Gasteiger partial charge in [-0.05, 0) is 83.5 Å². The van der Waals surface area contributed by atoms with E-state index in [0.717, 1.165) is 77.0 Å². The molecule has 0 saturated heterocycles. The first-order valence-electron chi connectivity index (χ1n) is 24.8. The number of hydrogen-bond acceptors (Lipinski definition) is 5. The van der Waals surface area contributed by atoms with Crippen molar-refractivity contribution in [1.82, 2.24) is 0 Å². The van der Waals surface area contributed by atoms with Crippen LogP contribution in [-0.2, 0) is 23.8 Å². The SMILES string of the molecule is CC/C=C\C/C=C\C/C=C\C/C=C\CCCCCCCCC(=O)OCC(COCCCCCCCC/C=C\CCCCCC)OC(=O)CCCCCCCCCCC. The van der Waals surface area contributed by atoms with Crippen LogP contribution in [0.3, 0.4) is 0 Å². The fourth-order valence-corrected chi connectivity index (χ4v) is 6.85. The molecule has 1 unspecified atom stereocenters. The number of rotatable bonds is 45. The van der Waals surface area contributed by atoms with Gasteiger partial charge in [0.25, 0.3) is 0 Å². The average molecular weight is 811 g/mol. The quantitative estimate of drug-likeness (QED) is 0.0348. The van der Waals surface area contributed by atoms with Crippen LogP contribution in [0.5, 0.6) is 0 Å². The second kappa shape index (κ2) is 49.0. The van der Waals surface area contributed by atoms with E-state index in [1.54, 1.807) is 0 Å². The highest BCUT2D eigenvalue weighted by Crippen LogP contribution is 2.14. The van der Waals surface area contributed by atoms with Crippen LogP contribution in [0.25, 0.3) is 0 Å². The van der Waals surface area contributed by atoms with Crippen molar-refractivity contribution in [3.05, 3.63) is 60.8 Å². The fourth-order valence-electron chi connectivity index (χ4n) is 6.85. The van der Waals surface area contributed by atoms with Gasteiger partial charge in [-0.15, -0.1) is 0 Å². The summed E-state index contributed by atoms with van der Waals surface area (Å²) in [7, 11) is 0. The summed E-state index contributed by atoms with van der Waals surface area (Å²) in [5, 5.41) is 0. The Morgan fingerprint density at radius 1 is 0.397 bits per heavy atom. The summed E-state index contributed by atoms with van der Waals surface area (Å²) in [6, 6.07) is 0. The molecular weight excluding hydrogens is 717 g/mol. The van der Waals surface area contributed by atoms with Gasteiger partial charge < -0.3 is 14.2 Å². The minimum Gasteiger partial charge on any atom is -0.462 e. The Labute approximate surface area is 360 Å². The van der Waals surface area contributed by atoms with Gasteiger partial charge in [0.1, 0.15) is 6.61 Å². The zero-order valence-corrected chi connectivity index (χ0v) is 38.6. The third-order valence-corrected chi connectivity index (χ3v) is 10.5. The Morgan fingerprint density at radius 2 is 0.776 bits per heavy atom. The monoisotopic (exact) mass is 811 g/mol. The molecule has 336 valence electrons. The van der Waals surface area contributed by atoms with Gasteiger partial charge in [0.15, 0.2) is 6.10 Å². The molecule has 0 aromatic heterocycles. The molecule has 0 bridgehead atoms. The van der Waals surface area contributed by atoms with E-state index in [4.69, 9.17) is 14.2 Å². The van der Waals surface area contributed by atoms with E-state index >= 15 is 0 Å². The third-order valence-electron chi connectivity index (χ3n) is 10.5. The molecule has 0 rings (SSSR count). The van der Waals surface area contributed by atoms with Gasteiger partial charge in [-0.1, -0.05) is 204 Å². The van der Waals surface area contributed by atoms with Crippen LogP contribution in [-0.4, -0.2) is 37.9 Å². The number of esters is 2. The van der Waals surface area contributed by atoms with Crippen LogP contribution < -0.4 is 0 Å². The summed E-state index contributed by atoms with van der Waals surface area (Å²) in [6.07, 6.45) is 60.8. The minimum atomic E-state index is -0.542. The highest BCUT2D eigenvalue weighted by Gasteiger charge is 2.17. The van der Waals surface area contributed by atoms with Gasteiger partial charge in [-0.25, -0.2) is 0 Å². The summed E-state index contributed by atoms with van der Waals surface area (Å²) >= 11 is 0. The van der Waals surface area contributed by atoms with Crippen LogP contribution in [0.4, 0.5) is 0 Å². The van der Waals surface area contributed by atoms with E-state index in [0.29, 0.717) is 19.4 Å². The van der Waals surface area contributed by atoms with Crippen LogP contribution >= 0.6 is 0 Å². The molecule has 1 atom stereocenters. The van der Waals surface area contributed by atoms with Crippen molar-refractivity contribution < 1.29 is 23.8 Å². The lowest BCUT2D eigenvalue weighted by Gasteiger charge is -2.18. The standard InChI is InChI=1S/C53H94O5/c1-4-7-10-13-16-19-21-23-25-26-27-28-29-30-32-35-37-40-43-46-52(54)57-50-51(58-53(55)47-44-41-38-34-18-15-12-9-6-3)49-56-48-45-42-39-36-33-31-24-22-20-17-14-11-8-5-2/h7,10,16,19-20,22-23,25,27-28,51H,4-6,8-9,11-15,17-18,21,24,26,29-50H2,1-3H3/b10-7-,19-16-,22-20-,25-23-,28-27-. The topological polar surface area (TPSA) is 61.8 Å². The molecule has 0 aliphatic heterocycles. The van der Waals surface area contributed by atoms with E-state index in [1.807, 2.05) is 0 Å². The molecule has 0 heterocycles. The van der Waals surface area contributed by atoms with Crippen molar-refractivity contribution in [3.63, 3.8) is 0 Å². The maximum Gasteiger partial charge on any atom is 0.306 e. The molecule has 58 heavy (non-hydrogen) atoms. The summed E-state index contributed by atoms with van der Waals surface area (Å²) in [6.45, 7) is 7.67. The molecule has 0 N–H and O–H groups in total. The summed E-state index contributed by atoms with van der Waals surface area (Å²) in [5.41, 5.74) is 0. The smallest absolute Gasteiger partial charge is 0.306 e. The molecule has 0 aromatic carbocycles. The van der Waals surface area contributed by atoms with Gasteiger partial charge in [-0.2, -0.15) is 0 Å². The predicted molar refractivity (Wildman–Crippen MR) is 251 cm³/mol. The highest BCUT2D eigenvalue weighted by atomic mass is 16.6. The molecule has 0 amide bonds. The number of hydrogen-bond donors (Lipinski definition) is 0. The van der Waals surface area contributed by atoms with E-state index in [2.05, 4.69) is 81.5 Å². The lowest BCUT2D eigenvalue weighted by atomic mass is 10.1. The van der Waals surface area contributed by atoms with Crippen molar-refractivity contribution in [3.8, 4) is 0 Å². The Morgan fingerprint density at radius 3 is 1.28 bits per heavy atom. The summed E-state index contributed by atoms with van der Waals surface area (Å²) in [4.78, 5) is 25.3. The van der Waals surface area contributed by atoms with Crippen LogP contribution in [0.1, 0.15) is 239 Å². The lowest BCUT2D eigenvalue weighted by Crippen LogP contribution is -2.30. The molecule has 0 radical (unpaired) electrons. The molecule has 0 spiro atoms. The van der Waals surface area contributed by atoms with Crippen LogP contribution in [0.2, 0.25) is 0 Å². The van der Waals surface area contributed by atoms with Gasteiger partial charge in [0.2, 0.25) is 0 Å². The Kier molecular flexibility index (Phi) is 46.9. The van der Waals surface area contributed by atoms with Gasteiger partial charge >= 0.3 is 11.9 Å². The molecule has 0 fully saturated rings. The van der Waals surface area contributed by atoms with Crippen LogP contribution in [0.15, 0.2) is 60.8 Å². The highest BCUT2D eigenvalue weighted by molar-refractivity contribution is 5.70. The van der Waals surface area contributed by atoms with E-state index in [9.17, 15) is 9.59 Å². The number of ether oxygens (including phenoxy) is 3. The molecule has 0 aromatic rings. The first-order valence-corrected chi connectivity index (χ1v) is 24.8. The molecule has 5 heteroatoms. The summed E-state index contributed by atoms with van der Waals surface area (Å²) in [5.74, 6) is -0.414. The Balaban J connectivity index is 4.21. The van der Waals surface area contributed by atoms with Crippen molar-refractivity contribution in [2.45, 2.75) is 245 Å². The second-order valence-electron chi connectivity index (χ2n) is 16.3. The first-order chi connectivity index (χ1) is 28.6. The maximum atomic E-state index is 12.7. The molecule has 5 nitrogen and oxygen atoms in total. The van der Waals surface area contributed by atoms with Gasteiger partial charge in [-0.3, -0.25) is 9.59 Å². The van der Waals surface area contributed by atoms with Crippen molar-refractivity contribution in [2.75, 3.05) is 19.8 Å². The third kappa shape index (κ3) is 46.3. The largest absolute Gasteiger partial charge is 0.462 e. The van der Waals surface area contributed by atoms with Crippen LogP contribution in [0, 0.1) is 0 Å². The maximum absolute atomic E-state index is 12.7. The zero-order chi connectivity index (χ0) is 42.1. The van der Waals surface area contributed by atoms with Crippen molar-refractivity contribution in [2.24, 2.45) is 0 Å². The zero-order valence-electron chi connectivity index (χ0n) is 38.6. The van der Waals surface area contributed by atoms with Crippen molar-refractivity contribution >= 4 is 11.9 Å². The Bertz CT molecular complexity index is 1010. The second-order valence-corrected chi connectivity index (χ2v) is 16.3. The Hall–Kier alpha value is -2.40.